The van der Waals surface area contributed by atoms with Gasteiger partial charge in [0.25, 0.3) is 11.8 Å². The summed E-state index contributed by atoms with van der Waals surface area (Å²) >= 11 is 0. The molecule has 0 radical (unpaired) electrons. The first-order valence-electron chi connectivity index (χ1n) is 20.7. The Kier molecular flexibility index (Phi) is 14.0. The molecule has 3 heterocycles. The molecule has 2 aliphatic carbocycles. The van der Waals surface area contributed by atoms with Crippen molar-refractivity contribution in [2.45, 2.75) is 128 Å². The molecule has 2 aromatic heterocycles. The number of benzene rings is 1. The minimum atomic E-state index is -1.15. The molecule has 0 spiro atoms. The van der Waals surface area contributed by atoms with Gasteiger partial charge in [-0.15, -0.1) is 10.2 Å². The zero-order valence-electron chi connectivity index (χ0n) is 34.2. The van der Waals surface area contributed by atoms with Crippen molar-refractivity contribution in [1.29, 1.82) is 0 Å². The van der Waals surface area contributed by atoms with E-state index in [9.17, 15) is 28.8 Å². The summed E-state index contributed by atoms with van der Waals surface area (Å²) in [6.07, 6.45) is 10.0. The van der Waals surface area contributed by atoms with Crippen molar-refractivity contribution in [3.63, 3.8) is 0 Å². The summed E-state index contributed by atoms with van der Waals surface area (Å²) in [6, 6.07) is 8.57. The molecule has 2 saturated carbocycles. The topological polar surface area (TPSA) is 215 Å². The second-order valence-corrected chi connectivity index (χ2v) is 16.8. The number of hydrogen-bond acceptors (Lipinski definition) is 11. The number of carbonyl (C=O) groups is 6. The molecule has 1 aromatic carbocycles. The Balaban J connectivity index is 1.25. The van der Waals surface area contributed by atoms with Crippen LogP contribution in [-0.2, 0) is 24.0 Å². The number of aromatic nitrogens is 4. The van der Waals surface area contributed by atoms with Crippen LogP contribution in [0.15, 0.2) is 61.1 Å². The van der Waals surface area contributed by atoms with Gasteiger partial charge in [0, 0.05) is 36.5 Å². The normalized spacial score (nSPS) is 19.8. The molecule has 3 aromatic rings. The zero-order valence-corrected chi connectivity index (χ0v) is 34.2. The quantitative estimate of drug-likeness (QED) is 0.154. The van der Waals surface area contributed by atoms with Crippen molar-refractivity contribution < 1.29 is 33.5 Å². The van der Waals surface area contributed by atoms with Crippen LogP contribution in [0.1, 0.15) is 102 Å². The lowest BCUT2D eigenvalue weighted by atomic mass is 9.82. The van der Waals surface area contributed by atoms with Gasteiger partial charge in [-0.3, -0.25) is 33.8 Å². The number of amides is 5. The highest BCUT2D eigenvalue weighted by Gasteiger charge is 2.47. The Labute approximate surface area is 344 Å². The van der Waals surface area contributed by atoms with E-state index in [-0.39, 0.29) is 42.9 Å². The number of nitrogens with zero attached hydrogens (tertiary/aromatic N) is 5. The maximum atomic E-state index is 14.9. The molecule has 3 aliphatic rings. The van der Waals surface area contributed by atoms with Crippen molar-refractivity contribution in [2.24, 2.45) is 11.3 Å². The third kappa shape index (κ3) is 11.2. The van der Waals surface area contributed by atoms with Crippen LogP contribution >= 0.6 is 0 Å². The predicted octanol–water partition coefficient (Wildman–Crippen LogP) is 3.32. The second kappa shape index (κ2) is 19.3. The SMILES string of the molecule is CCCC(NC(=O)[C@@H]1C[C@@H](Oc2ccc(-c3ccccc3)nn2)CN1C(=O)C(NC(=O)C(NC(=O)c1cnccn1)C1CCCCC1)C(C)(C)C)C(=O)C(=O)NC1CC1. The highest BCUT2D eigenvalue weighted by atomic mass is 16.5. The number of nitrogens with one attached hydrogen (secondary N) is 4. The minimum absolute atomic E-state index is 0.0324. The fourth-order valence-corrected chi connectivity index (χ4v) is 7.70. The monoisotopic (exact) mass is 809 g/mol. The minimum Gasteiger partial charge on any atom is -0.471 e. The molecule has 16 heteroatoms. The first-order valence-corrected chi connectivity index (χ1v) is 20.7. The lowest BCUT2D eigenvalue weighted by Gasteiger charge is -2.37. The predicted molar refractivity (Wildman–Crippen MR) is 216 cm³/mol. The lowest BCUT2D eigenvalue weighted by Crippen LogP contribution is -2.62. The summed E-state index contributed by atoms with van der Waals surface area (Å²) in [5.74, 6) is -3.75. The van der Waals surface area contributed by atoms with E-state index in [0.29, 0.717) is 25.0 Å². The van der Waals surface area contributed by atoms with Crippen LogP contribution in [-0.4, -0.2) is 103 Å². The summed E-state index contributed by atoms with van der Waals surface area (Å²) in [6.45, 7) is 7.21. The first-order chi connectivity index (χ1) is 28.3. The van der Waals surface area contributed by atoms with E-state index in [1.54, 1.807) is 32.9 Å². The van der Waals surface area contributed by atoms with Gasteiger partial charge in [0.15, 0.2) is 0 Å². The van der Waals surface area contributed by atoms with E-state index in [4.69, 9.17) is 4.74 Å². The Bertz CT molecular complexity index is 1950. The van der Waals surface area contributed by atoms with Crippen LogP contribution < -0.4 is 26.0 Å². The highest BCUT2D eigenvalue weighted by Crippen LogP contribution is 2.31. The number of ether oxygens (including phenoxy) is 1. The Morgan fingerprint density at radius 2 is 1.63 bits per heavy atom. The first kappa shape index (κ1) is 42.8. The van der Waals surface area contributed by atoms with Crippen molar-refractivity contribution in [3.05, 3.63) is 66.7 Å². The van der Waals surface area contributed by atoms with E-state index in [1.807, 2.05) is 37.3 Å². The molecule has 1 aliphatic heterocycles. The summed E-state index contributed by atoms with van der Waals surface area (Å²) in [4.78, 5) is 92.3. The van der Waals surface area contributed by atoms with Gasteiger partial charge in [-0.25, -0.2) is 4.98 Å². The van der Waals surface area contributed by atoms with Crippen LogP contribution in [0.2, 0.25) is 0 Å². The van der Waals surface area contributed by atoms with Gasteiger partial charge >= 0.3 is 0 Å². The fourth-order valence-electron chi connectivity index (χ4n) is 7.70. The number of likely N-dealkylation sites (tertiary alicyclic amines) is 1. The standard InChI is InChI=1S/C43H55N9O7/c1-5-12-31(36(53)41(57)46-28-17-18-28)47-39(55)33-23-29(59-34-20-19-30(50-51-34)26-13-8-6-9-14-26)25-52(33)42(58)37(43(2,3)4)49-40(56)35(27-15-10-7-11-16-27)48-38(54)32-24-44-21-22-45-32/h6,8-9,13-14,19-22,24,27-29,31,33,35,37H,5,7,10-12,15-18,23,25H2,1-4H3,(H,46,57)(H,47,55)(H,48,54)(H,49,56)/t29-,31?,33+,35?,37?/m1/s1. The van der Waals surface area contributed by atoms with E-state index in [0.717, 1.165) is 37.7 Å². The van der Waals surface area contributed by atoms with Crippen LogP contribution in [0.5, 0.6) is 5.88 Å². The maximum Gasteiger partial charge on any atom is 0.289 e. The van der Waals surface area contributed by atoms with Gasteiger partial charge in [0.05, 0.1) is 24.5 Å². The average molecular weight is 810 g/mol. The van der Waals surface area contributed by atoms with Crippen LogP contribution in [0.3, 0.4) is 0 Å². The van der Waals surface area contributed by atoms with Crippen molar-refractivity contribution in [3.8, 4) is 17.1 Å². The van der Waals surface area contributed by atoms with E-state index >= 15 is 0 Å². The molecule has 3 fully saturated rings. The molecule has 6 rings (SSSR count). The molecule has 314 valence electrons. The molecule has 59 heavy (non-hydrogen) atoms. The second-order valence-electron chi connectivity index (χ2n) is 16.8. The smallest absolute Gasteiger partial charge is 0.289 e. The van der Waals surface area contributed by atoms with Crippen LogP contribution in [0.4, 0.5) is 0 Å². The molecule has 0 bridgehead atoms. The molecule has 5 amide bonds. The molecule has 4 N–H and O–H groups in total. The molecular weight excluding hydrogens is 755 g/mol. The average Bonchev–Trinajstić information content (AvgIpc) is 3.96. The van der Waals surface area contributed by atoms with Gasteiger partial charge < -0.3 is 30.9 Å². The molecule has 16 nitrogen and oxygen atoms in total. The van der Waals surface area contributed by atoms with Gasteiger partial charge in [-0.05, 0) is 49.5 Å². The summed E-state index contributed by atoms with van der Waals surface area (Å²) in [5, 5.41) is 19.9. The summed E-state index contributed by atoms with van der Waals surface area (Å²) in [5.41, 5.74) is 0.709. The largest absolute Gasteiger partial charge is 0.471 e. The van der Waals surface area contributed by atoms with E-state index in [2.05, 4.69) is 41.4 Å². The molecule has 3 unspecified atom stereocenters. The highest BCUT2D eigenvalue weighted by molar-refractivity contribution is 6.38. The van der Waals surface area contributed by atoms with Crippen molar-refractivity contribution in [2.75, 3.05) is 6.54 Å². The molecule has 5 atom stereocenters. The maximum absolute atomic E-state index is 14.9. The Morgan fingerprint density at radius 3 is 2.25 bits per heavy atom. The number of carbonyl (C=O) groups excluding carboxylic acids is 6. The van der Waals surface area contributed by atoms with E-state index < -0.39 is 71.0 Å². The Morgan fingerprint density at radius 1 is 0.881 bits per heavy atom. The Hall–Kier alpha value is -5.80. The summed E-state index contributed by atoms with van der Waals surface area (Å²) < 4.78 is 6.24. The van der Waals surface area contributed by atoms with Gasteiger partial charge in [-0.2, -0.15) is 0 Å². The fraction of sp³-hybridized carbons (Fsp3) is 0.535. The third-order valence-corrected chi connectivity index (χ3v) is 11.1. The number of rotatable bonds is 16. The third-order valence-electron chi connectivity index (χ3n) is 11.1. The van der Waals surface area contributed by atoms with Gasteiger partial charge in [0.2, 0.25) is 29.4 Å². The summed E-state index contributed by atoms with van der Waals surface area (Å²) in [7, 11) is 0. The van der Waals surface area contributed by atoms with E-state index in [1.165, 1.54) is 23.5 Å². The number of hydrogen-bond donors (Lipinski definition) is 4. The van der Waals surface area contributed by atoms with Crippen molar-refractivity contribution >= 4 is 35.3 Å². The van der Waals surface area contributed by atoms with Crippen LogP contribution in [0.25, 0.3) is 11.3 Å². The molecule has 1 saturated heterocycles. The van der Waals surface area contributed by atoms with Gasteiger partial charge in [-0.1, -0.05) is 83.7 Å². The van der Waals surface area contributed by atoms with Crippen molar-refractivity contribution in [1.82, 2.24) is 46.3 Å². The van der Waals surface area contributed by atoms with Crippen LogP contribution in [0, 0.1) is 11.3 Å². The van der Waals surface area contributed by atoms with Gasteiger partial charge in [0.1, 0.15) is 29.9 Å². The zero-order chi connectivity index (χ0) is 42.1. The number of ketones is 1. The number of Topliss-reactive ketones (excluding diaryl/α,β-unsaturated/α-hetero) is 1. The lowest BCUT2D eigenvalue weighted by molar-refractivity contribution is -0.145. The molecular formula is C43H55N9O7.